The molecule has 1 atom stereocenters. The number of urea groups is 1. The van der Waals surface area contributed by atoms with Gasteiger partial charge in [-0.25, -0.2) is 4.79 Å². The van der Waals surface area contributed by atoms with Crippen LogP contribution < -0.4 is 10.2 Å². The lowest BCUT2D eigenvalue weighted by Gasteiger charge is -2.36. The lowest BCUT2D eigenvalue weighted by molar-refractivity contribution is 0.176. The first-order chi connectivity index (χ1) is 10.2. The molecule has 3 rings (SSSR count). The summed E-state index contributed by atoms with van der Waals surface area (Å²) in [5.74, 6) is 0. The molecule has 0 radical (unpaired) electrons. The number of carbonyl (C=O) groups excluding carboxylic acids is 1. The summed E-state index contributed by atoms with van der Waals surface area (Å²) < 4.78 is 5.29. The Morgan fingerprint density at radius 2 is 2.10 bits per heavy atom. The van der Waals surface area contributed by atoms with E-state index < -0.39 is 0 Å². The second-order valence-corrected chi connectivity index (χ2v) is 5.82. The van der Waals surface area contributed by atoms with Gasteiger partial charge in [-0.05, 0) is 31.0 Å². The summed E-state index contributed by atoms with van der Waals surface area (Å²) in [4.78, 5) is 16.4. The lowest BCUT2D eigenvalue weighted by Crippen LogP contribution is -2.53. The molecule has 114 valence electrons. The highest BCUT2D eigenvalue weighted by Crippen LogP contribution is 2.18. The first-order valence-electron chi connectivity index (χ1n) is 7.67. The molecule has 1 unspecified atom stereocenters. The van der Waals surface area contributed by atoms with Gasteiger partial charge in [-0.3, -0.25) is 0 Å². The maximum atomic E-state index is 12.2. The van der Waals surface area contributed by atoms with Crippen LogP contribution in [0.5, 0.6) is 0 Å². The molecule has 2 amide bonds. The molecule has 5 nitrogen and oxygen atoms in total. The number of ether oxygens (including phenoxy) is 1. The van der Waals surface area contributed by atoms with E-state index in [1.165, 1.54) is 11.3 Å². The Balaban J connectivity index is 1.51. The van der Waals surface area contributed by atoms with Crippen LogP contribution in [0.3, 0.4) is 0 Å². The van der Waals surface area contributed by atoms with Crippen LogP contribution >= 0.6 is 0 Å². The molecule has 2 aliphatic heterocycles. The highest BCUT2D eigenvalue weighted by molar-refractivity contribution is 5.75. The van der Waals surface area contributed by atoms with Gasteiger partial charge in [0.05, 0.1) is 12.6 Å². The van der Waals surface area contributed by atoms with E-state index in [2.05, 4.69) is 41.4 Å². The van der Waals surface area contributed by atoms with Gasteiger partial charge in [0.15, 0.2) is 0 Å². The highest BCUT2D eigenvalue weighted by atomic mass is 16.5. The number of anilines is 1. The Bertz CT molecular complexity index is 492. The fourth-order valence-electron chi connectivity index (χ4n) is 2.91. The summed E-state index contributed by atoms with van der Waals surface area (Å²) in [6, 6.07) is 8.77. The zero-order chi connectivity index (χ0) is 14.7. The number of hydrogen-bond acceptors (Lipinski definition) is 3. The number of nitrogens with zero attached hydrogens (tertiary/aromatic N) is 2. The van der Waals surface area contributed by atoms with Gasteiger partial charge < -0.3 is 19.9 Å². The van der Waals surface area contributed by atoms with Crippen LogP contribution in [0.15, 0.2) is 24.3 Å². The molecule has 0 aliphatic carbocycles. The van der Waals surface area contributed by atoms with Crippen LogP contribution in [0.1, 0.15) is 12.0 Å². The molecule has 1 aromatic carbocycles. The molecule has 0 saturated carbocycles. The number of nitrogens with one attached hydrogen (secondary N) is 1. The van der Waals surface area contributed by atoms with Gasteiger partial charge in [0, 0.05) is 38.5 Å². The summed E-state index contributed by atoms with van der Waals surface area (Å²) in [6.07, 6.45) is 0.926. The number of carbonyl (C=O) groups is 1. The quantitative estimate of drug-likeness (QED) is 0.900. The number of piperazine rings is 1. The number of hydrogen-bond donors (Lipinski definition) is 1. The molecule has 5 heteroatoms. The zero-order valence-electron chi connectivity index (χ0n) is 12.5. The van der Waals surface area contributed by atoms with Gasteiger partial charge in [0.25, 0.3) is 0 Å². The molecule has 2 saturated heterocycles. The van der Waals surface area contributed by atoms with Gasteiger partial charge in [-0.15, -0.1) is 0 Å². The summed E-state index contributed by atoms with van der Waals surface area (Å²) in [5.41, 5.74) is 2.52. The number of amides is 2. The third kappa shape index (κ3) is 3.47. The first-order valence-corrected chi connectivity index (χ1v) is 7.67. The van der Waals surface area contributed by atoms with Crippen molar-refractivity contribution in [2.75, 3.05) is 44.3 Å². The molecule has 2 fully saturated rings. The smallest absolute Gasteiger partial charge is 0.317 e. The fraction of sp³-hybridized carbons (Fsp3) is 0.562. The maximum Gasteiger partial charge on any atom is 0.317 e. The van der Waals surface area contributed by atoms with Gasteiger partial charge in [-0.1, -0.05) is 12.1 Å². The average molecular weight is 289 g/mol. The predicted molar refractivity (Wildman–Crippen MR) is 82.7 cm³/mol. The van der Waals surface area contributed by atoms with Crippen LogP contribution in [-0.4, -0.2) is 56.4 Å². The Kier molecular flexibility index (Phi) is 4.29. The Morgan fingerprint density at radius 3 is 2.76 bits per heavy atom. The van der Waals surface area contributed by atoms with Crippen LogP contribution in [0, 0.1) is 6.92 Å². The molecule has 0 spiro atoms. The Hall–Kier alpha value is -1.75. The Labute approximate surface area is 125 Å². The van der Waals surface area contributed by atoms with Crippen LogP contribution in [0.25, 0.3) is 0 Å². The highest BCUT2D eigenvalue weighted by Gasteiger charge is 2.24. The van der Waals surface area contributed by atoms with Gasteiger partial charge in [0.2, 0.25) is 0 Å². The van der Waals surface area contributed by atoms with E-state index in [0.29, 0.717) is 6.61 Å². The average Bonchev–Trinajstić information content (AvgIpc) is 3.00. The summed E-state index contributed by atoms with van der Waals surface area (Å²) >= 11 is 0. The van der Waals surface area contributed by atoms with Crippen molar-refractivity contribution in [3.05, 3.63) is 29.8 Å². The van der Waals surface area contributed by atoms with E-state index in [1.807, 2.05) is 4.90 Å². The van der Waals surface area contributed by atoms with Gasteiger partial charge in [0.1, 0.15) is 0 Å². The van der Waals surface area contributed by atoms with Crippen molar-refractivity contribution in [3.63, 3.8) is 0 Å². The second-order valence-electron chi connectivity index (χ2n) is 5.82. The van der Waals surface area contributed by atoms with Crippen LogP contribution in [0.4, 0.5) is 10.5 Å². The van der Waals surface area contributed by atoms with Crippen molar-refractivity contribution in [3.8, 4) is 0 Å². The van der Waals surface area contributed by atoms with Crippen molar-refractivity contribution in [1.82, 2.24) is 10.2 Å². The van der Waals surface area contributed by atoms with Gasteiger partial charge in [-0.2, -0.15) is 0 Å². The van der Waals surface area contributed by atoms with Crippen molar-refractivity contribution in [2.24, 2.45) is 0 Å². The molecule has 1 N–H and O–H groups in total. The summed E-state index contributed by atoms with van der Waals surface area (Å²) in [7, 11) is 0. The molecule has 2 aliphatic rings. The minimum atomic E-state index is 0.0504. The van der Waals surface area contributed by atoms with E-state index in [0.717, 1.165) is 39.2 Å². The monoisotopic (exact) mass is 289 g/mol. The van der Waals surface area contributed by atoms with E-state index in [4.69, 9.17) is 4.74 Å². The minimum Gasteiger partial charge on any atom is -0.379 e. The number of benzene rings is 1. The first kappa shape index (κ1) is 14.2. The second kappa shape index (κ2) is 6.35. The maximum absolute atomic E-state index is 12.2. The molecule has 21 heavy (non-hydrogen) atoms. The predicted octanol–water partition coefficient (Wildman–Crippen LogP) is 1.62. The van der Waals surface area contributed by atoms with Crippen molar-refractivity contribution in [1.29, 1.82) is 0 Å². The third-order valence-corrected chi connectivity index (χ3v) is 4.19. The largest absolute Gasteiger partial charge is 0.379 e. The molecule has 0 aromatic heterocycles. The van der Waals surface area contributed by atoms with E-state index in [-0.39, 0.29) is 12.1 Å². The molecule has 1 aromatic rings. The third-order valence-electron chi connectivity index (χ3n) is 4.19. The minimum absolute atomic E-state index is 0.0504. The Morgan fingerprint density at radius 1 is 1.29 bits per heavy atom. The van der Waals surface area contributed by atoms with Crippen LogP contribution in [-0.2, 0) is 4.74 Å². The number of aryl methyl sites for hydroxylation is 1. The standard InChI is InChI=1S/C16H23N3O2/c1-13-3-2-4-15(11-13)18-6-8-19(9-7-18)16(20)17-14-5-10-21-12-14/h2-4,11,14H,5-10,12H2,1H3,(H,17,20). The number of rotatable bonds is 2. The van der Waals surface area contributed by atoms with Gasteiger partial charge >= 0.3 is 6.03 Å². The van der Waals surface area contributed by atoms with Crippen molar-refractivity contribution < 1.29 is 9.53 Å². The molecular formula is C16H23N3O2. The summed E-state index contributed by atoms with van der Waals surface area (Å²) in [6.45, 7) is 6.83. The van der Waals surface area contributed by atoms with Crippen molar-refractivity contribution in [2.45, 2.75) is 19.4 Å². The van der Waals surface area contributed by atoms with Crippen molar-refractivity contribution >= 4 is 11.7 Å². The normalized spacial score (nSPS) is 22.4. The molecular weight excluding hydrogens is 266 g/mol. The molecule has 2 heterocycles. The SMILES string of the molecule is Cc1cccc(N2CCN(C(=O)NC3CCOC3)CC2)c1. The van der Waals surface area contributed by atoms with Crippen LogP contribution in [0.2, 0.25) is 0 Å². The molecule has 0 bridgehead atoms. The topological polar surface area (TPSA) is 44.8 Å². The van der Waals surface area contributed by atoms with E-state index >= 15 is 0 Å². The van der Waals surface area contributed by atoms with E-state index in [1.54, 1.807) is 0 Å². The lowest BCUT2D eigenvalue weighted by atomic mass is 10.2. The fourth-order valence-corrected chi connectivity index (χ4v) is 2.91. The van der Waals surface area contributed by atoms with E-state index in [9.17, 15) is 4.79 Å². The zero-order valence-corrected chi connectivity index (χ0v) is 12.5. The summed E-state index contributed by atoms with van der Waals surface area (Å²) in [5, 5.41) is 3.06.